The minimum atomic E-state index is 0.192. The third-order valence-electron chi connectivity index (χ3n) is 5.18. The molecule has 0 radical (unpaired) electrons. The molecule has 3 aromatic rings. The van der Waals surface area contributed by atoms with Crippen LogP contribution in [0.2, 0.25) is 5.15 Å². The molecule has 1 atom stereocenters. The first kappa shape index (κ1) is 17.7. The lowest BCUT2D eigenvalue weighted by molar-refractivity contribution is 0.724. The maximum absolute atomic E-state index is 6.40. The molecule has 1 unspecified atom stereocenters. The summed E-state index contributed by atoms with van der Waals surface area (Å²) >= 11 is 6.40. The number of nitrogens with two attached hydrogens (primary N) is 1. The van der Waals surface area contributed by atoms with Crippen LogP contribution in [-0.4, -0.2) is 19.5 Å². The van der Waals surface area contributed by atoms with Gasteiger partial charge in [0.2, 0.25) is 5.95 Å². The Morgan fingerprint density at radius 1 is 1.20 bits per heavy atom. The van der Waals surface area contributed by atoms with Crippen LogP contribution in [0.4, 0.5) is 5.95 Å². The standard InChI is InChI=1S/C19H24ClN5/c1-6-10(2)14-8-25(18-16(14)17(20)23-19(21)24-18)9-15-13(5)12(4)11(3)7-22-15/h7-8,10H,6,9H2,1-5H3,(H2,21,23,24). The normalized spacial score (nSPS) is 12.7. The van der Waals surface area contributed by atoms with Gasteiger partial charge in [0.25, 0.3) is 0 Å². The topological polar surface area (TPSA) is 69.6 Å². The smallest absolute Gasteiger partial charge is 0.223 e. The van der Waals surface area contributed by atoms with Crippen LogP contribution in [0.25, 0.3) is 11.0 Å². The van der Waals surface area contributed by atoms with Gasteiger partial charge in [0.15, 0.2) is 0 Å². The number of aromatic nitrogens is 4. The van der Waals surface area contributed by atoms with Gasteiger partial charge in [0.05, 0.1) is 17.6 Å². The molecule has 0 aliphatic heterocycles. The molecular formula is C19H24ClN5. The van der Waals surface area contributed by atoms with E-state index in [1.807, 2.05) is 6.20 Å². The van der Waals surface area contributed by atoms with E-state index in [9.17, 15) is 0 Å². The van der Waals surface area contributed by atoms with Crippen molar-refractivity contribution >= 4 is 28.6 Å². The van der Waals surface area contributed by atoms with Crippen LogP contribution in [0.5, 0.6) is 0 Å². The van der Waals surface area contributed by atoms with Gasteiger partial charge >= 0.3 is 0 Å². The zero-order chi connectivity index (χ0) is 18.3. The largest absolute Gasteiger partial charge is 0.368 e. The Bertz CT molecular complexity index is 945. The molecule has 0 aliphatic carbocycles. The van der Waals surface area contributed by atoms with Gasteiger partial charge in [-0.3, -0.25) is 4.98 Å². The van der Waals surface area contributed by atoms with E-state index in [4.69, 9.17) is 17.3 Å². The Labute approximate surface area is 153 Å². The molecule has 25 heavy (non-hydrogen) atoms. The number of rotatable bonds is 4. The Balaban J connectivity index is 2.18. The van der Waals surface area contributed by atoms with Gasteiger partial charge in [0, 0.05) is 12.4 Å². The molecule has 6 heteroatoms. The fraction of sp³-hybridized carbons (Fsp3) is 0.421. The number of pyridine rings is 1. The summed E-state index contributed by atoms with van der Waals surface area (Å²) in [5.74, 6) is 0.555. The quantitative estimate of drug-likeness (QED) is 0.695. The average molecular weight is 358 g/mol. The molecule has 0 spiro atoms. The van der Waals surface area contributed by atoms with Gasteiger partial charge in [-0.05, 0) is 55.4 Å². The van der Waals surface area contributed by atoms with E-state index in [-0.39, 0.29) is 5.95 Å². The molecule has 0 saturated carbocycles. The lowest BCUT2D eigenvalue weighted by atomic mass is 10.00. The van der Waals surface area contributed by atoms with Crippen LogP contribution in [0, 0.1) is 20.8 Å². The van der Waals surface area contributed by atoms with E-state index >= 15 is 0 Å². The van der Waals surface area contributed by atoms with Gasteiger partial charge < -0.3 is 10.3 Å². The van der Waals surface area contributed by atoms with E-state index in [2.05, 4.69) is 60.3 Å². The summed E-state index contributed by atoms with van der Waals surface area (Å²) in [7, 11) is 0. The van der Waals surface area contributed by atoms with Gasteiger partial charge in [-0.15, -0.1) is 0 Å². The van der Waals surface area contributed by atoms with E-state index in [1.54, 1.807) is 0 Å². The molecule has 2 N–H and O–H groups in total. The number of hydrogen-bond acceptors (Lipinski definition) is 4. The summed E-state index contributed by atoms with van der Waals surface area (Å²) in [6.07, 6.45) is 5.06. The van der Waals surface area contributed by atoms with Gasteiger partial charge in [0.1, 0.15) is 10.8 Å². The molecular weight excluding hydrogens is 334 g/mol. The average Bonchev–Trinajstić information content (AvgIpc) is 2.93. The first-order chi connectivity index (χ1) is 11.8. The zero-order valence-corrected chi connectivity index (χ0v) is 16.1. The minimum absolute atomic E-state index is 0.192. The van der Waals surface area contributed by atoms with E-state index in [0.29, 0.717) is 17.6 Å². The van der Waals surface area contributed by atoms with Crippen LogP contribution in [0.1, 0.15) is 54.1 Å². The fourth-order valence-corrected chi connectivity index (χ4v) is 3.38. The summed E-state index contributed by atoms with van der Waals surface area (Å²) in [6.45, 7) is 11.3. The van der Waals surface area contributed by atoms with Crippen molar-refractivity contribution in [3.63, 3.8) is 0 Å². The third-order valence-corrected chi connectivity index (χ3v) is 5.46. The number of nitrogens with zero attached hydrogens (tertiary/aromatic N) is 4. The van der Waals surface area contributed by atoms with Crippen LogP contribution < -0.4 is 5.73 Å². The van der Waals surface area contributed by atoms with Crippen molar-refractivity contribution in [2.75, 3.05) is 5.73 Å². The highest BCUT2D eigenvalue weighted by Gasteiger charge is 2.19. The molecule has 0 saturated heterocycles. The Kier molecular flexibility index (Phi) is 4.69. The molecule has 3 aromatic heterocycles. The highest BCUT2D eigenvalue weighted by atomic mass is 35.5. The van der Waals surface area contributed by atoms with Crippen molar-refractivity contribution in [2.45, 2.75) is 53.5 Å². The second kappa shape index (κ2) is 6.64. The van der Waals surface area contributed by atoms with Crippen LogP contribution >= 0.6 is 11.6 Å². The zero-order valence-electron chi connectivity index (χ0n) is 15.4. The van der Waals surface area contributed by atoms with Gasteiger partial charge in [-0.2, -0.15) is 4.98 Å². The Morgan fingerprint density at radius 2 is 1.92 bits per heavy atom. The second-order valence-corrected chi connectivity index (χ2v) is 7.09. The van der Waals surface area contributed by atoms with Gasteiger partial charge in [-0.1, -0.05) is 25.4 Å². The number of nitrogen functional groups attached to an aromatic ring is 1. The summed E-state index contributed by atoms with van der Waals surface area (Å²) < 4.78 is 2.09. The van der Waals surface area contributed by atoms with Crippen molar-refractivity contribution < 1.29 is 0 Å². The summed E-state index contributed by atoms with van der Waals surface area (Å²) in [4.78, 5) is 13.2. The minimum Gasteiger partial charge on any atom is -0.368 e. The second-order valence-electron chi connectivity index (χ2n) is 6.73. The van der Waals surface area contributed by atoms with Crippen LogP contribution in [0.3, 0.4) is 0 Å². The molecule has 0 amide bonds. The van der Waals surface area contributed by atoms with Crippen LogP contribution in [0.15, 0.2) is 12.4 Å². The van der Waals surface area contributed by atoms with Crippen molar-refractivity contribution in [2.24, 2.45) is 0 Å². The number of aryl methyl sites for hydroxylation is 1. The Hall–Kier alpha value is -2.14. The molecule has 0 bridgehead atoms. The molecule has 5 nitrogen and oxygen atoms in total. The Morgan fingerprint density at radius 3 is 2.60 bits per heavy atom. The van der Waals surface area contributed by atoms with Crippen molar-refractivity contribution in [3.8, 4) is 0 Å². The number of fused-ring (bicyclic) bond motifs is 1. The number of halogens is 1. The maximum Gasteiger partial charge on any atom is 0.223 e. The van der Waals surface area contributed by atoms with Crippen molar-refractivity contribution in [3.05, 3.63) is 45.5 Å². The number of anilines is 1. The molecule has 0 aliphatic rings. The third kappa shape index (κ3) is 3.09. The predicted octanol–water partition coefficient (Wildman–Crippen LogP) is 4.55. The fourth-order valence-electron chi connectivity index (χ4n) is 3.10. The summed E-state index contributed by atoms with van der Waals surface area (Å²) in [6, 6.07) is 0. The van der Waals surface area contributed by atoms with E-state index in [1.165, 1.54) is 16.7 Å². The SMILES string of the molecule is CCC(C)c1cn(Cc2ncc(C)c(C)c2C)c2nc(N)nc(Cl)c12. The monoisotopic (exact) mass is 357 g/mol. The summed E-state index contributed by atoms with van der Waals surface area (Å²) in [5.41, 5.74) is 12.5. The highest BCUT2D eigenvalue weighted by molar-refractivity contribution is 6.34. The highest BCUT2D eigenvalue weighted by Crippen LogP contribution is 2.33. The molecule has 0 fully saturated rings. The van der Waals surface area contributed by atoms with E-state index in [0.717, 1.165) is 28.7 Å². The van der Waals surface area contributed by atoms with Gasteiger partial charge in [-0.25, -0.2) is 4.98 Å². The molecule has 0 aromatic carbocycles. The maximum atomic E-state index is 6.40. The lowest BCUT2D eigenvalue weighted by Crippen LogP contribution is -2.06. The van der Waals surface area contributed by atoms with Crippen LogP contribution in [-0.2, 0) is 6.54 Å². The first-order valence-corrected chi connectivity index (χ1v) is 8.94. The molecule has 3 heterocycles. The first-order valence-electron chi connectivity index (χ1n) is 8.56. The predicted molar refractivity (Wildman–Crippen MR) is 103 cm³/mol. The lowest BCUT2D eigenvalue weighted by Gasteiger charge is -2.11. The molecule has 132 valence electrons. The van der Waals surface area contributed by atoms with Crippen molar-refractivity contribution in [1.82, 2.24) is 19.5 Å². The number of hydrogen-bond donors (Lipinski definition) is 1. The van der Waals surface area contributed by atoms with Crippen molar-refractivity contribution in [1.29, 1.82) is 0 Å². The molecule has 3 rings (SSSR count). The summed E-state index contributed by atoms with van der Waals surface area (Å²) in [5, 5.41) is 1.31. The van der Waals surface area contributed by atoms with E-state index < -0.39 is 0 Å².